The zero-order valence-corrected chi connectivity index (χ0v) is 14.8. The normalized spacial score (nSPS) is 20.2. The lowest BCUT2D eigenvalue weighted by Gasteiger charge is -2.28. The highest BCUT2D eigenvalue weighted by atomic mass is 32.1. The van der Waals surface area contributed by atoms with Crippen molar-refractivity contribution in [3.63, 3.8) is 0 Å². The zero-order chi connectivity index (χ0) is 17.6. The first kappa shape index (κ1) is 17.8. The van der Waals surface area contributed by atoms with Crippen LogP contribution in [0.3, 0.4) is 0 Å². The van der Waals surface area contributed by atoms with E-state index in [0.29, 0.717) is 18.7 Å². The van der Waals surface area contributed by atoms with Crippen LogP contribution in [-0.2, 0) is 11.3 Å². The highest BCUT2D eigenvalue weighted by Gasteiger charge is 2.29. The fraction of sp³-hybridized carbons (Fsp3) is 0.368. The van der Waals surface area contributed by atoms with Crippen LogP contribution in [0.1, 0.15) is 28.1 Å². The van der Waals surface area contributed by atoms with Crippen molar-refractivity contribution in [1.29, 1.82) is 0 Å². The molecule has 0 bridgehead atoms. The molecule has 132 valence electrons. The first-order valence-electron chi connectivity index (χ1n) is 8.54. The van der Waals surface area contributed by atoms with E-state index in [-0.39, 0.29) is 23.4 Å². The van der Waals surface area contributed by atoms with Crippen LogP contribution in [0.5, 0.6) is 0 Å². The largest absolute Gasteiger partial charge is 0.346 e. The molecule has 0 saturated carbocycles. The van der Waals surface area contributed by atoms with E-state index < -0.39 is 0 Å². The molecule has 1 aliphatic heterocycles. The Morgan fingerprint density at radius 2 is 2.00 bits per heavy atom. The van der Waals surface area contributed by atoms with Crippen LogP contribution in [0.25, 0.3) is 0 Å². The molecule has 4 nitrogen and oxygen atoms in total. The van der Waals surface area contributed by atoms with E-state index >= 15 is 0 Å². The molecule has 1 saturated heterocycles. The Hall–Kier alpha value is -2.05. The van der Waals surface area contributed by atoms with Crippen molar-refractivity contribution >= 4 is 23.0 Å². The third kappa shape index (κ3) is 4.96. The van der Waals surface area contributed by atoms with Crippen molar-refractivity contribution < 1.29 is 18.9 Å². The van der Waals surface area contributed by atoms with Gasteiger partial charge in [0.1, 0.15) is 5.82 Å². The zero-order valence-electron chi connectivity index (χ0n) is 14.0. The molecule has 1 aliphatic rings. The number of ketones is 1. The van der Waals surface area contributed by atoms with Crippen LogP contribution in [0.4, 0.5) is 4.39 Å². The van der Waals surface area contributed by atoms with Crippen molar-refractivity contribution in [2.24, 2.45) is 5.92 Å². The molecule has 2 N–H and O–H groups in total. The number of hydrogen-bond donors (Lipinski definition) is 2. The predicted octanol–water partition coefficient (Wildman–Crippen LogP) is 1.68. The highest BCUT2D eigenvalue weighted by molar-refractivity contribution is 7.09. The second-order valence-corrected chi connectivity index (χ2v) is 7.46. The minimum absolute atomic E-state index is 0.0145. The topological polar surface area (TPSA) is 50.6 Å². The molecule has 3 rings (SSSR count). The van der Waals surface area contributed by atoms with Gasteiger partial charge in [0.25, 0.3) is 5.91 Å². The number of quaternary nitrogens is 1. The van der Waals surface area contributed by atoms with Crippen molar-refractivity contribution in [1.82, 2.24) is 5.32 Å². The smallest absolute Gasteiger partial charge is 0.275 e. The fourth-order valence-corrected chi connectivity index (χ4v) is 3.88. The molecule has 0 aliphatic carbocycles. The van der Waals surface area contributed by atoms with Crippen LogP contribution in [0, 0.1) is 11.7 Å². The van der Waals surface area contributed by atoms with Gasteiger partial charge >= 0.3 is 0 Å². The Balaban J connectivity index is 1.43. The maximum Gasteiger partial charge on any atom is 0.275 e. The number of thiophene rings is 1. The van der Waals surface area contributed by atoms with Gasteiger partial charge in [0.2, 0.25) is 0 Å². The Morgan fingerprint density at radius 3 is 2.68 bits per heavy atom. The molecule has 1 amide bonds. The van der Waals surface area contributed by atoms with Gasteiger partial charge in [-0.2, -0.15) is 0 Å². The van der Waals surface area contributed by atoms with E-state index in [1.165, 1.54) is 17.0 Å². The van der Waals surface area contributed by atoms with Crippen molar-refractivity contribution in [3.8, 4) is 0 Å². The van der Waals surface area contributed by atoms with Crippen molar-refractivity contribution in [3.05, 3.63) is 58.0 Å². The number of carbonyl (C=O) groups excluding carboxylic acids is 2. The summed E-state index contributed by atoms with van der Waals surface area (Å²) in [7, 11) is 0. The Labute approximate surface area is 150 Å². The summed E-state index contributed by atoms with van der Waals surface area (Å²) in [5.74, 6) is -0.393. The second kappa shape index (κ2) is 8.36. The average Bonchev–Trinajstić information content (AvgIpc) is 3.14. The quantitative estimate of drug-likeness (QED) is 0.769. The van der Waals surface area contributed by atoms with Gasteiger partial charge in [0, 0.05) is 29.2 Å². The van der Waals surface area contributed by atoms with E-state index in [1.54, 1.807) is 23.5 Å². The van der Waals surface area contributed by atoms with Gasteiger partial charge in [0.15, 0.2) is 12.3 Å². The maximum atomic E-state index is 13.3. The van der Waals surface area contributed by atoms with Gasteiger partial charge in [-0.15, -0.1) is 11.3 Å². The first-order chi connectivity index (χ1) is 12.1. The molecule has 2 heterocycles. The lowest BCUT2D eigenvalue weighted by Crippen LogP contribution is -3.14. The minimum Gasteiger partial charge on any atom is -0.346 e. The van der Waals surface area contributed by atoms with Crippen LogP contribution in [-0.4, -0.2) is 31.3 Å². The molecule has 1 aromatic heterocycles. The molecule has 0 radical (unpaired) electrons. The number of likely N-dealkylation sites (tertiary alicyclic amines) is 1. The third-order valence-corrected chi connectivity index (χ3v) is 5.50. The standard InChI is InChI=1S/C19H21FN2O2S/c20-16-4-1-3-15(11-16)19(24)14-6-8-22(9-7-14)13-18(23)21-12-17-5-2-10-25-17/h1-5,10-11,14H,6-9,12-13H2,(H,21,23)/p+1. The summed E-state index contributed by atoms with van der Waals surface area (Å²) in [6.45, 7) is 2.59. The van der Waals surface area contributed by atoms with Gasteiger partial charge in [-0.25, -0.2) is 4.39 Å². The molecule has 0 unspecified atom stereocenters. The third-order valence-electron chi connectivity index (χ3n) is 4.62. The summed E-state index contributed by atoms with van der Waals surface area (Å²) in [4.78, 5) is 26.8. The molecular formula is C19H22FN2O2S+. The van der Waals surface area contributed by atoms with E-state index in [0.717, 1.165) is 30.8 Å². The van der Waals surface area contributed by atoms with Gasteiger partial charge in [-0.1, -0.05) is 18.2 Å². The van der Waals surface area contributed by atoms with Crippen molar-refractivity contribution in [2.75, 3.05) is 19.6 Å². The van der Waals surface area contributed by atoms with Gasteiger partial charge in [-0.3, -0.25) is 9.59 Å². The van der Waals surface area contributed by atoms with E-state index in [1.807, 2.05) is 17.5 Å². The van der Waals surface area contributed by atoms with E-state index in [9.17, 15) is 14.0 Å². The molecule has 0 atom stereocenters. The fourth-order valence-electron chi connectivity index (χ4n) is 3.23. The van der Waals surface area contributed by atoms with Crippen molar-refractivity contribution in [2.45, 2.75) is 19.4 Å². The number of hydrogen-bond acceptors (Lipinski definition) is 3. The number of piperidine rings is 1. The SMILES string of the molecule is O=C(C[NH+]1CCC(C(=O)c2cccc(F)c2)CC1)NCc1cccs1. The molecular weight excluding hydrogens is 339 g/mol. The molecule has 1 aromatic carbocycles. The lowest BCUT2D eigenvalue weighted by molar-refractivity contribution is -0.897. The predicted molar refractivity (Wildman–Crippen MR) is 95.2 cm³/mol. The summed E-state index contributed by atoms with van der Waals surface area (Å²) >= 11 is 1.63. The number of benzene rings is 1. The molecule has 25 heavy (non-hydrogen) atoms. The lowest BCUT2D eigenvalue weighted by atomic mass is 9.89. The molecule has 0 spiro atoms. The summed E-state index contributed by atoms with van der Waals surface area (Å²) in [5, 5.41) is 4.93. The molecule has 1 fully saturated rings. The maximum absolute atomic E-state index is 13.3. The Morgan fingerprint density at radius 1 is 1.20 bits per heavy atom. The van der Waals surface area contributed by atoms with Crippen LogP contribution in [0.15, 0.2) is 41.8 Å². The van der Waals surface area contributed by atoms with Gasteiger partial charge in [-0.05, 0) is 23.6 Å². The molecule has 2 aromatic rings. The Kier molecular flexibility index (Phi) is 5.94. The van der Waals surface area contributed by atoms with Crippen LogP contribution in [0.2, 0.25) is 0 Å². The van der Waals surface area contributed by atoms with Crippen LogP contribution < -0.4 is 10.2 Å². The second-order valence-electron chi connectivity index (χ2n) is 6.43. The number of Topliss-reactive ketones (excluding diaryl/α,β-unsaturated/α-hetero) is 1. The van der Waals surface area contributed by atoms with E-state index in [2.05, 4.69) is 5.32 Å². The summed E-state index contributed by atoms with van der Waals surface area (Å²) in [6.07, 6.45) is 1.48. The summed E-state index contributed by atoms with van der Waals surface area (Å²) < 4.78 is 13.3. The highest BCUT2D eigenvalue weighted by Crippen LogP contribution is 2.17. The number of rotatable bonds is 6. The monoisotopic (exact) mass is 361 g/mol. The van der Waals surface area contributed by atoms with Crippen LogP contribution >= 0.6 is 11.3 Å². The summed E-state index contributed by atoms with van der Waals surface area (Å²) in [5.41, 5.74) is 0.446. The van der Waals surface area contributed by atoms with Gasteiger partial charge in [0.05, 0.1) is 19.6 Å². The number of amides is 1. The number of nitrogens with one attached hydrogen (secondary N) is 2. The Bertz CT molecular complexity index is 725. The molecule has 6 heteroatoms. The number of halogens is 1. The average molecular weight is 361 g/mol. The summed E-state index contributed by atoms with van der Waals surface area (Å²) in [6, 6.07) is 9.86. The number of carbonyl (C=O) groups is 2. The first-order valence-corrected chi connectivity index (χ1v) is 9.42. The van der Waals surface area contributed by atoms with Gasteiger partial charge < -0.3 is 10.2 Å². The minimum atomic E-state index is -0.378. The van der Waals surface area contributed by atoms with E-state index in [4.69, 9.17) is 0 Å².